The largest absolute Gasteiger partial charge is 0.492 e. The fourth-order valence-corrected chi connectivity index (χ4v) is 3.73. The maximum atomic E-state index is 5.96. The van der Waals surface area contributed by atoms with E-state index in [0.717, 1.165) is 88.6 Å². The minimum absolute atomic E-state index is 0.677. The van der Waals surface area contributed by atoms with Crippen LogP contribution >= 0.6 is 0 Å². The van der Waals surface area contributed by atoms with Gasteiger partial charge >= 0.3 is 0 Å². The molecule has 1 N–H and O–H groups in total. The van der Waals surface area contributed by atoms with Gasteiger partial charge in [-0.3, -0.25) is 9.80 Å². The number of nitrogens with one attached hydrogen (secondary N) is 1. The quantitative estimate of drug-likeness (QED) is 0.626. The van der Waals surface area contributed by atoms with Crippen LogP contribution < -0.4 is 14.8 Å². The summed E-state index contributed by atoms with van der Waals surface area (Å²) in [6.45, 7) is 10.4. The Morgan fingerprint density at radius 3 is 1.58 bits per heavy atom. The van der Waals surface area contributed by atoms with Gasteiger partial charge in [0.25, 0.3) is 0 Å². The van der Waals surface area contributed by atoms with E-state index in [1.54, 1.807) is 0 Å². The molecule has 0 aliphatic carbocycles. The van der Waals surface area contributed by atoms with Crippen LogP contribution in [0.3, 0.4) is 0 Å². The fourth-order valence-electron chi connectivity index (χ4n) is 3.73. The van der Waals surface area contributed by atoms with Crippen molar-refractivity contribution in [3.63, 3.8) is 0 Å². The van der Waals surface area contributed by atoms with E-state index in [0.29, 0.717) is 13.2 Å². The first kappa shape index (κ1) is 21.9. The van der Waals surface area contributed by atoms with E-state index >= 15 is 0 Å². The Morgan fingerprint density at radius 1 is 0.677 bits per heavy atom. The SMILES string of the molecule is c1cc(Nc2cccc(OCCN3CCOCC3)c2)cc(OCCN2CCOCC2)c1. The lowest BCUT2D eigenvalue weighted by atomic mass is 10.2. The smallest absolute Gasteiger partial charge is 0.121 e. The van der Waals surface area contributed by atoms with Crippen molar-refractivity contribution in [1.82, 2.24) is 9.80 Å². The zero-order chi connectivity index (χ0) is 21.1. The van der Waals surface area contributed by atoms with Gasteiger partial charge in [0.2, 0.25) is 0 Å². The number of nitrogens with zero attached hydrogens (tertiary/aromatic N) is 2. The van der Waals surface area contributed by atoms with Gasteiger partial charge in [-0.15, -0.1) is 0 Å². The molecule has 0 radical (unpaired) electrons. The molecular formula is C24H33N3O4. The summed E-state index contributed by atoms with van der Waals surface area (Å²) in [5.74, 6) is 1.74. The number of hydrogen-bond donors (Lipinski definition) is 1. The molecule has 0 amide bonds. The maximum absolute atomic E-state index is 5.96. The standard InChI is InChI=1S/C24H33N3O4/c1-3-21(19-23(5-1)30-17-11-26-7-13-28-14-8-26)25-22-4-2-6-24(20-22)31-18-12-27-9-15-29-16-10-27/h1-6,19-20,25H,7-18H2. The molecule has 2 fully saturated rings. The van der Waals surface area contributed by atoms with Crippen LogP contribution in [0.5, 0.6) is 11.5 Å². The Labute approximate surface area is 184 Å². The van der Waals surface area contributed by atoms with Gasteiger partial charge in [-0.2, -0.15) is 0 Å². The highest BCUT2D eigenvalue weighted by Gasteiger charge is 2.11. The lowest BCUT2D eigenvalue weighted by molar-refractivity contribution is 0.0322. The topological polar surface area (TPSA) is 55.4 Å². The van der Waals surface area contributed by atoms with Crippen LogP contribution in [-0.4, -0.2) is 88.7 Å². The van der Waals surface area contributed by atoms with Gasteiger partial charge in [0.05, 0.1) is 26.4 Å². The van der Waals surface area contributed by atoms with Gasteiger partial charge < -0.3 is 24.3 Å². The average molecular weight is 428 g/mol. The van der Waals surface area contributed by atoms with E-state index in [2.05, 4.69) is 15.1 Å². The van der Waals surface area contributed by atoms with Crippen molar-refractivity contribution in [1.29, 1.82) is 0 Å². The van der Waals surface area contributed by atoms with Crippen LogP contribution in [0.15, 0.2) is 48.5 Å². The van der Waals surface area contributed by atoms with Crippen LogP contribution in [0.4, 0.5) is 11.4 Å². The summed E-state index contributed by atoms with van der Waals surface area (Å²) >= 11 is 0. The first-order valence-electron chi connectivity index (χ1n) is 11.2. The summed E-state index contributed by atoms with van der Waals surface area (Å²) in [6.07, 6.45) is 0. The highest BCUT2D eigenvalue weighted by atomic mass is 16.5. The molecule has 2 aliphatic rings. The van der Waals surface area contributed by atoms with Crippen molar-refractivity contribution in [2.75, 3.05) is 84.2 Å². The Balaban J connectivity index is 1.23. The van der Waals surface area contributed by atoms with E-state index in [4.69, 9.17) is 18.9 Å². The van der Waals surface area contributed by atoms with Gasteiger partial charge in [-0.25, -0.2) is 0 Å². The highest BCUT2D eigenvalue weighted by molar-refractivity contribution is 5.62. The Morgan fingerprint density at radius 2 is 1.13 bits per heavy atom. The third-order valence-electron chi connectivity index (χ3n) is 5.52. The van der Waals surface area contributed by atoms with Crippen molar-refractivity contribution >= 4 is 11.4 Å². The van der Waals surface area contributed by atoms with Gasteiger partial charge in [0, 0.05) is 62.8 Å². The molecule has 168 valence electrons. The Hall–Kier alpha value is -2.32. The minimum Gasteiger partial charge on any atom is -0.492 e. The van der Waals surface area contributed by atoms with Crippen LogP contribution in [0.1, 0.15) is 0 Å². The molecule has 2 saturated heterocycles. The molecule has 2 heterocycles. The van der Waals surface area contributed by atoms with E-state index in [1.165, 1.54) is 0 Å². The molecule has 0 aromatic heterocycles. The molecule has 0 atom stereocenters. The summed E-state index contributed by atoms with van der Waals surface area (Å²) in [6, 6.07) is 16.2. The molecule has 2 aliphatic heterocycles. The van der Waals surface area contributed by atoms with E-state index in [-0.39, 0.29) is 0 Å². The zero-order valence-electron chi connectivity index (χ0n) is 18.1. The van der Waals surface area contributed by atoms with Crippen molar-refractivity contribution in [2.45, 2.75) is 0 Å². The number of morpholine rings is 2. The lowest BCUT2D eigenvalue weighted by Gasteiger charge is -2.26. The van der Waals surface area contributed by atoms with Gasteiger partial charge in [0.1, 0.15) is 24.7 Å². The number of anilines is 2. The number of rotatable bonds is 10. The molecule has 31 heavy (non-hydrogen) atoms. The number of hydrogen-bond acceptors (Lipinski definition) is 7. The summed E-state index contributed by atoms with van der Waals surface area (Å²) in [7, 11) is 0. The maximum Gasteiger partial charge on any atom is 0.121 e. The fraction of sp³-hybridized carbons (Fsp3) is 0.500. The lowest BCUT2D eigenvalue weighted by Crippen LogP contribution is -2.38. The van der Waals surface area contributed by atoms with Crippen molar-refractivity contribution in [3.8, 4) is 11.5 Å². The van der Waals surface area contributed by atoms with Gasteiger partial charge in [-0.05, 0) is 24.3 Å². The molecule has 2 aromatic rings. The minimum atomic E-state index is 0.677. The third-order valence-corrected chi connectivity index (χ3v) is 5.52. The molecule has 7 nitrogen and oxygen atoms in total. The van der Waals surface area contributed by atoms with Crippen molar-refractivity contribution in [2.24, 2.45) is 0 Å². The van der Waals surface area contributed by atoms with Crippen LogP contribution in [0, 0.1) is 0 Å². The van der Waals surface area contributed by atoms with Gasteiger partial charge in [-0.1, -0.05) is 12.1 Å². The molecule has 0 unspecified atom stereocenters. The van der Waals surface area contributed by atoms with Crippen molar-refractivity contribution in [3.05, 3.63) is 48.5 Å². The predicted octanol–water partition coefficient (Wildman–Crippen LogP) is 2.85. The molecule has 0 saturated carbocycles. The van der Waals surface area contributed by atoms with E-state index in [9.17, 15) is 0 Å². The average Bonchev–Trinajstić information content (AvgIpc) is 2.81. The van der Waals surface area contributed by atoms with Crippen LogP contribution in [-0.2, 0) is 9.47 Å². The first-order chi connectivity index (χ1) is 15.3. The number of benzene rings is 2. The van der Waals surface area contributed by atoms with Crippen molar-refractivity contribution < 1.29 is 18.9 Å². The molecule has 7 heteroatoms. The monoisotopic (exact) mass is 427 g/mol. The normalized spacial score (nSPS) is 17.9. The molecular weight excluding hydrogens is 394 g/mol. The summed E-state index contributed by atoms with van der Waals surface area (Å²) in [4.78, 5) is 4.74. The van der Waals surface area contributed by atoms with Crippen LogP contribution in [0.25, 0.3) is 0 Å². The summed E-state index contributed by atoms with van der Waals surface area (Å²) < 4.78 is 22.7. The predicted molar refractivity (Wildman–Crippen MR) is 122 cm³/mol. The molecule has 0 spiro atoms. The zero-order valence-corrected chi connectivity index (χ0v) is 18.1. The van der Waals surface area contributed by atoms with Gasteiger partial charge in [0.15, 0.2) is 0 Å². The summed E-state index contributed by atoms with van der Waals surface area (Å²) in [5.41, 5.74) is 1.99. The van der Waals surface area contributed by atoms with Crippen LogP contribution in [0.2, 0.25) is 0 Å². The third kappa shape index (κ3) is 7.40. The van der Waals surface area contributed by atoms with E-state index in [1.807, 2.05) is 48.5 Å². The second-order valence-corrected chi connectivity index (χ2v) is 7.79. The summed E-state index contributed by atoms with van der Waals surface area (Å²) in [5, 5.41) is 3.45. The Kier molecular flexibility index (Phi) is 8.41. The van der Waals surface area contributed by atoms with E-state index < -0.39 is 0 Å². The highest BCUT2D eigenvalue weighted by Crippen LogP contribution is 2.24. The molecule has 2 aromatic carbocycles. The first-order valence-corrected chi connectivity index (χ1v) is 11.2. The number of ether oxygens (including phenoxy) is 4. The second kappa shape index (κ2) is 11.9. The molecule has 0 bridgehead atoms. The molecule has 4 rings (SSSR count). The Bertz CT molecular complexity index is 726. The second-order valence-electron chi connectivity index (χ2n) is 7.79.